The Labute approximate surface area is 106 Å². The van der Waals surface area contributed by atoms with E-state index in [1.165, 1.54) is 5.56 Å². The van der Waals surface area contributed by atoms with Crippen molar-refractivity contribution in [1.82, 2.24) is 0 Å². The van der Waals surface area contributed by atoms with Crippen LogP contribution in [0.3, 0.4) is 0 Å². The van der Waals surface area contributed by atoms with Gasteiger partial charge in [0.2, 0.25) is 0 Å². The molecule has 0 saturated carbocycles. The Balaban J connectivity index is 2.13. The highest BCUT2D eigenvalue weighted by Crippen LogP contribution is 2.19. The molecule has 0 aliphatic heterocycles. The first-order valence-electron chi connectivity index (χ1n) is 5.45. The van der Waals surface area contributed by atoms with Gasteiger partial charge in [0.15, 0.2) is 0 Å². The van der Waals surface area contributed by atoms with Crippen molar-refractivity contribution >= 4 is 29.8 Å². The second-order valence-electron chi connectivity index (χ2n) is 3.59. The van der Waals surface area contributed by atoms with E-state index >= 15 is 0 Å². The monoisotopic (exact) mass is 254 g/mol. The van der Waals surface area contributed by atoms with Crippen molar-refractivity contribution in [2.45, 2.75) is 23.8 Å². The summed E-state index contributed by atoms with van der Waals surface area (Å²) < 4.78 is 0. The maximum atomic E-state index is 10.4. The lowest BCUT2D eigenvalue weighted by molar-refractivity contribution is -0.107. The number of aldehydes is 1. The summed E-state index contributed by atoms with van der Waals surface area (Å²) in [5, 5.41) is 0.501. The largest absolute Gasteiger partial charge is 0.303 e. The molecule has 16 heavy (non-hydrogen) atoms. The zero-order valence-electron chi connectivity index (χ0n) is 9.59. The van der Waals surface area contributed by atoms with Crippen LogP contribution in [-0.4, -0.2) is 23.5 Å². The van der Waals surface area contributed by atoms with Crippen LogP contribution in [0.1, 0.15) is 18.4 Å². The number of benzene rings is 1. The summed E-state index contributed by atoms with van der Waals surface area (Å²) >= 11 is 3.74. The van der Waals surface area contributed by atoms with E-state index in [-0.39, 0.29) is 0 Å². The molecule has 0 amide bonds. The average Bonchev–Trinajstić information content (AvgIpc) is 2.34. The van der Waals surface area contributed by atoms with Gasteiger partial charge in [-0.1, -0.05) is 30.3 Å². The molecule has 0 fully saturated rings. The number of hydrogen-bond donors (Lipinski definition) is 0. The molecule has 0 N–H and O–H groups in total. The smallest absolute Gasteiger partial charge is 0.121 e. The molecule has 1 aromatic rings. The van der Waals surface area contributed by atoms with Gasteiger partial charge in [0.1, 0.15) is 6.29 Å². The summed E-state index contributed by atoms with van der Waals surface area (Å²) in [6.45, 7) is 0. The van der Waals surface area contributed by atoms with E-state index in [2.05, 4.69) is 30.5 Å². The van der Waals surface area contributed by atoms with Crippen LogP contribution >= 0.6 is 23.5 Å². The Morgan fingerprint density at radius 1 is 1.31 bits per heavy atom. The highest BCUT2D eigenvalue weighted by molar-refractivity contribution is 7.99. The fraction of sp³-hybridized carbons (Fsp3) is 0.462. The number of carbonyl (C=O) groups excluding carboxylic acids is 1. The molecule has 88 valence electrons. The van der Waals surface area contributed by atoms with Crippen molar-refractivity contribution in [3.63, 3.8) is 0 Å². The lowest BCUT2D eigenvalue weighted by Gasteiger charge is -2.10. The Bertz CT molecular complexity index is 287. The number of carbonyl (C=O) groups is 1. The summed E-state index contributed by atoms with van der Waals surface area (Å²) in [7, 11) is 0. The van der Waals surface area contributed by atoms with Crippen molar-refractivity contribution in [2.75, 3.05) is 12.0 Å². The maximum absolute atomic E-state index is 10.4. The van der Waals surface area contributed by atoms with Gasteiger partial charge in [-0.05, 0) is 24.0 Å². The normalized spacial score (nSPS) is 12.3. The lowest BCUT2D eigenvalue weighted by Crippen LogP contribution is -2.04. The summed E-state index contributed by atoms with van der Waals surface area (Å²) in [5.41, 5.74) is 1.38. The van der Waals surface area contributed by atoms with Gasteiger partial charge >= 0.3 is 0 Å². The van der Waals surface area contributed by atoms with Crippen LogP contribution in [0.2, 0.25) is 0 Å². The van der Waals surface area contributed by atoms with Crippen LogP contribution in [0.15, 0.2) is 30.3 Å². The molecule has 0 radical (unpaired) electrons. The van der Waals surface area contributed by atoms with Gasteiger partial charge in [0, 0.05) is 17.4 Å². The van der Waals surface area contributed by atoms with E-state index in [4.69, 9.17) is 0 Å². The quantitative estimate of drug-likeness (QED) is 0.521. The molecule has 1 nitrogen and oxygen atoms in total. The van der Waals surface area contributed by atoms with Crippen molar-refractivity contribution < 1.29 is 4.79 Å². The van der Waals surface area contributed by atoms with E-state index < -0.39 is 0 Å². The Morgan fingerprint density at radius 2 is 2.06 bits per heavy atom. The molecule has 0 spiro atoms. The Morgan fingerprint density at radius 3 is 2.69 bits per heavy atom. The highest BCUT2D eigenvalue weighted by atomic mass is 32.2. The van der Waals surface area contributed by atoms with E-state index in [1.54, 1.807) is 11.8 Å². The van der Waals surface area contributed by atoms with Gasteiger partial charge in [-0.25, -0.2) is 0 Å². The molecule has 0 aliphatic carbocycles. The first kappa shape index (κ1) is 13.7. The highest BCUT2D eigenvalue weighted by Gasteiger charge is 2.05. The zero-order chi connectivity index (χ0) is 11.6. The molecule has 0 saturated heterocycles. The maximum Gasteiger partial charge on any atom is 0.121 e. The molecule has 1 atom stereocenters. The van der Waals surface area contributed by atoms with Gasteiger partial charge in [-0.3, -0.25) is 0 Å². The van der Waals surface area contributed by atoms with Gasteiger partial charge in [0.05, 0.1) is 0 Å². The van der Waals surface area contributed by atoms with Gasteiger partial charge in [-0.2, -0.15) is 23.5 Å². The first-order chi connectivity index (χ1) is 7.86. The molecular weight excluding hydrogens is 236 g/mol. The van der Waals surface area contributed by atoms with E-state index in [0.717, 1.165) is 24.2 Å². The third-order valence-electron chi connectivity index (χ3n) is 2.39. The number of thioether (sulfide) groups is 2. The van der Waals surface area contributed by atoms with Gasteiger partial charge in [-0.15, -0.1) is 0 Å². The standard InChI is InChI=1S/C13H18OS2/c1-15-13(7-9-14)8-10-16-11-12-5-3-2-4-6-12/h2-6,9,13H,7-8,10-11H2,1H3. The molecule has 1 unspecified atom stereocenters. The summed E-state index contributed by atoms with van der Waals surface area (Å²) in [4.78, 5) is 10.4. The topological polar surface area (TPSA) is 17.1 Å². The molecule has 1 aromatic carbocycles. The summed E-state index contributed by atoms with van der Waals surface area (Å²) in [5.74, 6) is 2.21. The Kier molecular flexibility index (Phi) is 7.43. The minimum absolute atomic E-state index is 0.501. The minimum Gasteiger partial charge on any atom is -0.303 e. The van der Waals surface area contributed by atoms with E-state index in [0.29, 0.717) is 11.7 Å². The van der Waals surface area contributed by atoms with Gasteiger partial charge in [0.25, 0.3) is 0 Å². The van der Waals surface area contributed by atoms with Crippen molar-refractivity contribution in [3.8, 4) is 0 Å². The summed E-state index contributed by atoms with van der Waals surface area (Å²) in [6.07, 6.45) is 4.92. The SMILES string of the molecule is CSC(CC=O)CCSCc1ccccc1. The minimum atomic E-state index is 0.501. The summed E-state index contributed by atoms with van der Waals surface area (Å²) in [6, 6.07) is 10.5. The molecule has 3 heteroatoms. The van der Waals surface area contributed by atoms with Crippen molar-refractivity contribution in [1.29, 1.82) is 0 Å². The van der Waals surface area contributed by atoms with Gasteiger partial charge < -0.3 is 4.79 Å². The van der Waals surface area contributed by atoms with Crippen molar-refractivity contribution in [3.05, 3.63) is 35.9 Å². The predicted molar refractivity (Wildman–Crippen MR) is 75.2 cm³/mol. The second-order valence-corrected chi connectivity index (χ2v) is 5.83. The molecule has 0 heterocycles. The third kappa shape index (κ3) is 5.61. The van der Waals surface area contributed by atoms with Crippen molar-refractivity contribution in [2.24, 2.45) is 0 Å². The van der Waals surface area contributed by atoms with Crippen LogP contribution in [0.4, 0.5) is 0 Å². The van der Waals surface area contributed by atoms with Crippen LogP contribution in [0.5, 0.6) is 0 Å². The zero-order valence-corrected chi connectivity index (χ0v) is 11.2. The number of rotatable bonds is 8. The molecule has 0 aromatic heterocycles. The first-order valence-corrected chi connectivity index (χ1v) is 7.89. The number of hydrogen-bond acceptors (Lipinski definition) is 3. The van der Waals surface area contributed by atoms with Crippen LogP contribution in [0.25, 0.3) is 0 Å². The Hall–Kier alpha value is -0.410. The average molecular weight is 254 g/mol. The van der Waals surface area contributed by atoms with Crippen LogP contribution < -0.4 is 0 Å². The van der Waals surface area contributed by atoms with Crippen LogP contribution in [0, 0.1) is 0 Å². The fourth-order valence-corrected chi connectivity index (χ4v) is 3.22. The third-order valence-corrected chi connectivity index (χ3v) is 4.54. The molecule has 0 aliphatic rings. The van der Waals surface area contributed by atoms with E-state index in [1.807, 2.05) is 17.8 Å². The predicted octanol–water partition coefficient (Wildman–Crippen LogP) is 3.63. The second kappa shape index (κ2) is 8.71. The molecule has 1 rings (SSSR count). The fourth-order valence-electron chi connectivity index (χ4n) is 1.42. The van der Waals surface area contributed by atoms with Crippen LogP contribution in [-0.2, 0) is 10.5 Å². The molecule has 0 bridgehead atoms. The van der Waals surface area contributed by atoms with E-state index in [9.17, 15) is 4.79 Å². The molecular formula is C13H18OS2. The lowest BCUT2D eigenvalue weighted by atomic mass is 10.2.